The fourth-order valence-electron chi connectivity index (χ4n) is 2.63. The van der Waals surface area contributed by atoms with E-state index in [1.807, 2.05) is 13.8 Å². The van der Waals surface area contributed by atoms with Gasteiger partial charge in [0.25, 0.3) is 0 Å². The lowest BCUT2D eigenvalue weighted by Gasteiger charge is -2.33. The number of aliphatic carboxylic acids is 1. The van der Waals surface area contributed by atoms with Gasteiger partial charge in [-0.05, 0) is 39.0 Å². The first kappa shape index (κ1) is 15.5. The highest BCUT2D eigenvalue weighted by Gasteiger charge is 2.22. The second kappa shape index (κ2) is 7.24. The minimum Gasteiger partial charge on any atom is -0.481 e. The Kier molecular flexibility index (Phi) is 5.36. The first-order chi connectivity index (χ1) is 10.0. The van der Waals surface area contributed by atoms with Crippen LogP contribution < -0.4 is 9.64 Å². The monoisotopic (exact) mass is 293 g/mol. The van der Waals surface area contributed by atoms with E-state index in [4.69, 9.17) is 9.84 Å². The van der Waals surface area contributed by atoms with E-state index in [1.54, 1.807) is 12.4 Å². The van der Waals surface area contributed by atoms with Crippen LogP contribution in [0.5, 0.6) is 5.88 Å². The fourth-order valence-corrected chi connectivity index (χ4v) is 2.63. The second-order valence-corrected chi connectivity index (χ2v) is 5.77. The van der Waals surface area contributed by atoms with Gasteiger partial charge in [0.05, 0.1) is 18.5 Å². The Morgan fingerprint density at radius 2 is 2.33 bits per heavy atom. The van der Waals surface area contributed by atoms with Crippen LogP contribution in [-0.2, 0) is 4.79 Å². The Labute approximate surface area is 125 Å². The van der Waals surface area contributed by atoms with Gasteiger partial charge in [-0.3, -0.25) is 9.78 Å². The Hall–Kier alpha value is -1.85. The molecule has 0 aromatic carbocycles. The summed E-state index contributed by atoms with van der Waals surface area (Å²) in [5.41, 5.74) is 0. The molecule has 0 amide bonds. The van der Waals surface area contributed by atoms with Crippen molar-refractivity contribution in [1.82, 2.24) is 9.97 Å². The zero-order chi connectivity index (χ0) is 15.2. The molecule has 1 saturated heterocycles. The average molecular weight is 293 g/mol. The van der Waals surface area contributed by atoms with Crippen LogP contribution in [0.3, 0.4) is 0 Å². The van der Waals surface area contributed by atoms with Crippen molar-refractivity contribution in [2.45, 2.75) is 45.6 Å². The van der Waals surface area contributed by atoms with Crippen molar-refractivity contribution in [2.24, 2.45) is 5.92 Å². The number of anilines is 1. The van der Waals surface area contributed by atoms with E-state index in [0.717, 1.165) is 38.2 Å². The highest BCUT2D eigenvalue weighted by molar-refractivity contribution is 5.66. The van der Waals surface area contributed by atoms with Gasteiger partial charge in [0, 0.05) is 19.5 Å². The predicted molar refractivity (Wildman–Crippen MR) is 79.6 cm³/mol. The zero-order valence-corrected chi connectivity index (χ0v) is 12.7. The summed E-state index contributed by atoms with van der Waals surface area (Å²) in [5, 5.41) is 8.79. The molecular weight excluding hydrogens is 270 g/mol. The largest absolute Gasteiger partial charge is 0.481 e. The van der Waals surface area contributed by atoms with Crippen molar-refractivity contribution in [3.8, 4) is 5.88 Å². The molecule has 1 aliphatic rings. The molecule has 2 heterocycles. The van der Waals surface area contributed by atoms with Crippen molar-refractivity contribution in [3.05, 3.63) is 12.4 Å². The van der Waals surface area contributed by atoms with Crippen molar-refractivity contribution >= 4 is 11.8 Å². The molecule has 116 valence electrons. The van der Waals surface area contributed by atoms with Crippen LogP contribution in [-0.4, -0.2) is 40.2 Å². The summed E-state index contributed by atoms with van der Waals surface area (Å²) in [7, 11) is 0. The van der Waals surface area contributed by atoms with Gasteiger partial charge in [0.1, 0.15) is 0 Å². The molecule has 6 heteroatoms. The quantitative estimate of drug-likeness (QED) is 0.867. The van der Waals surface area contributed by atoms with Gasteiger partial charge in [-0.25, -0.2) is 0 Å². The van der Waals surface area contributed by atoms with Crippen molar-refractivity contribution in [3.63, 3.8) is 0 Å². The third-order valence-corrected chi connectivity index (χ3v) is 3.57. The molecule has 1 unspecified atom stereocenters. The maximum atomic E-state index is 10.7. The summed E-state index contributed by atoms with van der Waals surface area (Å²) in [5.74, 6) is 1.04. The maximum absolute atomic E-state index is 10.7. The molecule has 0 spiro atoms. The van der Waals surface area contributed by atoms with Crippen LogP contribution in [0.1, 0.15) is 39.5 Å². The molecule has 2 rings (SSSR count). The Morgan fingerprint density at radius 1 is 1.52 bits per heavy atom. The van der Waals surface area contributed by atoms with E-state index in [1.165, 1.54) is 0 Å². The number of carboxylic acids is 1. The van der Waals surface area contributed by atoms with E-state index in [2.05, 4.69) is 14.9 Å². The molecule has 1 aromatic rings. The highest BCUT2D eigenvalue weighted by atomic mass is 16.5. The zero-order valence-electron chi connectivity index (χ0n) is 12.7. The van der Waals surface area contributed by atoms with E-state index < -0.39 is 5.97 Å². The normalized spacial score (nSPS) is 18.8. The molecule has 1 atom stereocenters. The van der Waals surface area contributed by atoms with E-state index >= 15 is 0 Å². The lowest BCUT2D eigenvalue weighted by atomic mass is 9.93. The minimum absolute atomic E-state index is 0.0687. The van der Waals surface area contributed by atoms with Crippen LogP contribution in [0, 0.1) is 5.92 Å². The third-order valence-electron chi connectivity index (χ3n) is 3.57. The smallest absolute Gasteiger partial charge is 0.303 e. The number of carbonyl (C=O) groups is 1. The van der Waals surface area contributed by atoms with Crippen molar-refractivity contribution < 1.29 is 14.6 Å². The summed E-state index contributed by atoms with van der Waals surface area (Å²) >= 11 is 0. The Balaban J connectivity index is 1.98. The van der Waals surface area contributed by atoms with Gasteiger partial charge in [-0.1, -0.05) is 0 Å². The van der Waals surface area contributed by atoms with Crippen LogP contribution in [0.4, 0.5) is 5.82 Å². The van der Waals surface area contributed by atoms with E-state index in [0.29, 0.717) is 11.8 Å². The molecule has 0 radical (unpaired) electrons. The maximum Gasteiger partial charge on any atom is 0.303 e. The highest BCUT2D eigenvalue weighted by Crippen LogP contribution is 2.25. The van der Waals surface area contributed by atoms with Crippen LogP contribution in [0.2, 0.25) is 0 Å². The van der Waals surface area contributed by atoms with Gasteiger partial charge in [-0.2, -0.15) is 4.98 Å². The summed E-state index contributed by atoms with van der Waals surface area (Å²) < 4.78 is 5.57. The number of aromatic nitrogens is 2. The number of carboxylic acid groups (broad SMARTS) is 1. The molecular formula is C15H23N3O3. The molecule has 0 bridgehead atoms. The summed E-state index contributed by atoms with van der Waals surface area (Å²) in [4.78, 5) is 21.5. The number of piperidine rings is 1. The summed E-state index contributed by atoms with van der Waals surface area (Å²) in [6.07, 6.45) is 6.53. The Bertz CT molecular complexity index is 479. The van der Waals surface area contributed by atoms with Crippen LogP contribution in [0.25, 0.3) is 0 Å². The number of rotatable bonds is 6. The van der Waals surface area contributed by atoms with E-state index in [9.17, 15) is 4.79 Å². The van der Waals surface area contributed by atoms with Gasteiger partial charge in [-0.15, -0.1) is 0 Å². The first-order valence-electron chi connectivity index (χ1n) is 7.50. The first-order valence-corrected chi connectivity index (χ1v) is 7.50. The Morgan fingerprint density at radius 3 is 3.05 bits per heavy atom. The van der Waals surface area contributed by atoms with Gasteiger partial charge >= 0.3 is 5.97 Å². The van der Waals surface area contributed by atoms with E-state index in [-0.39, 0.29) is 12.5 Å². The van der Waals surface area contributed by atoms with Gasteiger partial charge in [0.2, 0.25) is 5.88 Å². The molecule has 0 aliphatic carbocycles. The van der Waals surface area contributed by atoms with Gasteiger partial charge in [0.15, 0.2) is 5.82 Å². The molecule has 21 heavy (non-hydrogen) atoms. The van der Waals surface area contributed by atoms with Gasteiger partial charge < -0.3 is 14.7 Å². The second-order valence-electron chi connectivity index (χ2n) is 5.77. The number of nitrogens with zero attached hydrogens (tertiary/aromatic N) is 3. The number of ether oxygens (including phenoxy) is 1. The van der Waals surface area contributed by atoms with Crippen LogP contribution >= 0.6 is 0 Å². The molecule has 0 saturated carbocycles. The topological polar surface area (TPSA) is 75.5 Å². The predicted octanol–water partition coefficient (Wildman–Crippen LogP) is 2.34. The molecule has 6 nitrogen and oxygen atoms in total. The minimum atomic E-state index is -0.723. The molecule has 1 aromatic heterocycles. The number of hydrogen-bond acceptors (Lipinski definition) is 5. The molecule has 1 N–H and O–H groups in total. The standard InChI is InChI=1S/C15H23N3O3/c1-11(2)21-14-9-16-8-13(17-14)18-7-3-4-12(10-18)5-6-15(19)20/h8-9,11-12H,3-7,10H2,1-2H3,(H,19,20). The SMILES string of the molecule is CC(C)Oc1cncc(N2CCCC(CCC(=O)O)C2)n1. The number of hydrogen-bond donors (Lipinski definition) is 1. The molecule has 1 fully saturated rings. The lowest BCUT2D eigenvalue weighted by Crippen LogP contribution is -2.36. The third kappa shape index (κ3) is 4.88. The van der Waals surface area contributed by atoms with Crippen molar-refractivity contribution in [2.75, 3.05) is 18.0 Å². The fraction of sp³-hybridized carbons (Fsp3) is 0.667. The molecule has 1 aliphatic heterocycles. The summed E-state index contributed by atoms with van der Waals surface area (Å²) in [6, 6.07) is 0. The lowest BCUT2D eigenvalue weighted by molar-refractivity contribution is -0.137. The van der Waals surface area contributed by atoms with Crippen LogP contribution in [0.15, 0.2) is 12.4 Å². The average Bonchev–Trinajstić information content (AvgIpc) is 2.45. The van der Waals surface area contributed by atoms with Crippen molar-refractivity contribution in [1.29, 1.82) is 0 Å². The summed E-state index contributed by atoms with van der Waals surface area (Å²) in [6.45, 7) is 5.69.